The summed E-state index contributed by atoms with van der Waals surface area (Å²) in [6.45, 7) is 0.402. The number of nitrogens with two attached hydrogens (primary N) is 1. The number of fused-ring (bicyclic) bond motifs is 3. The Bertz CT molecular complexity index is 894. The van der Waals surface area contributed by atoms with Gasteiger partial charge in [0, 0.05) is 0 Å². The molecule has 0 fully saturated rings. The van der Waals surface area contributed by atoms with Gasteiger partial charge in [0.05, 0.1) is 0 Å². The monoisotopic (exact) mass is 351 g/mol. The third-order valence-corrected chi connectivity index (χ3v) is 5.35. The van der Waals surface area contributed by atoms with Gasteiger partial charge in [-0.1, -0.05) is 0 Å². The van der Waals surface area contributed by atoms with E-state index in [0.717, 1.165) is 15.0 Å². The molecule has 0 bridgehead atoms. The van der Waals surface area contributed by atoms with Gasteiger partial charge in [0.25, 0.3) is 0 Å². The Morgan fingerprint density at radius 3 is 2.90 bits per heavy atom. The molecule has 3 rings (SSSR count). The van der Waals surface area contributed by atoms with Crippen molar-refractivity contribution in [1.29, 1.82) is 0 Å². The number of methoxy groups -OCH3 is 1. The van der Waals surface area contributed by atoms with Crippen LogP contribution < -0.4 is 11.4 Å². The summed E-state index contributed by atoms with van der Waals surface area (Å²) in [7, 11) is 1.57. The van der Waals surface area contributed by atoms with Crippen molar-refractivity contribution >= 4 is 41.0 Å². The molecule has 2 aromatic heterocycles. The van der Waals surface area contributed by atoms with Crippen LogP contribution in [0.25, 0.3) is 20.6 Å². The molecule has 1 amide bonds. The normalized spacial score (nSPS) is 11.3. The van der Waals surface area contributed by atoms with Crippen LogP contribution in [0.1, 0.15) is 15.9 Å². The molecular weight excluding hydrogens is 337 g/mol. The van der Waals surface area contributed by atoms with Crippen LogP contribution in [0.3, 0.4) is 0 Å². The van der Waals surface area contributed by atoms with Gasteiger partial charge >= 0.3 is 126 Å². The maximum atomic E-state index is 12.1. The van der Waals surface area contributed by atoms with Gasteiger partial charge in [0.2, 0.25) is 0 Å². The van der Waals surface area contributed by atoms with E-state index in [1.807, 2.05) is 18.2 Å². The van der Waals surface area contributed by atoms with E-state index in [1.54, 1.807) is 7.11 Å². The van der Waals surface area contributed by atoms with Gasteiger partial charge in [-0.3, -0.25) is 0 Å². The van der Waals surface area contributed by atoms with Crippen LogP contribution in [0.5, 0.6) is 0 Å². The average molecular weight is 350 g/mol. The predicted octanol–water partition coefficient (Wildman–Crippen LogP) is 1.29. The summed E-state index contributed by atoms with van der Waals surface area (Å²) in [6, 6.07) is 5.87. The number of ether oxygens (including phenoxy) is 1. The summed E-state index contributed by atoms with van der Waals surface area (Å²) in [4.78, 5) is 25.8. The Morgan fingerprint density at radius 2 is 2.19 bits per heavy atom. The molecule has 1 aromatic carbocycles. The topological polar surface area (TPSA) is 82.5 Å². The number of carbonyl (C=O) groups is 1. The summed E-state index contributed by atoms with van der Waals surface area (Å²) in [6.07, 6.45) is 0.441. The standard InChI is InChI=1S/C15H13NO4Se/c1-19-6-4-9-10-3-2-8-5-7-21-13(8)12(10)20-15(18)11(9)14(16)17/h2-3,5,7H,4,6H2,1H3,(H2,16,17). The van der Waals surface area contributed by atoms with Crippen molar-refractivity contribution in [3.8, 4) is 0 Å². The fraction of sp³-hybridized carbons (Fsp3) is 0.200. The maximum absolute atomic E-state index is 12.1. The Balaban J connectivity index is 2.42. The van der Waals surface area contributed by atoms with Gasteiger partial charge in [0.1, 0.15) is 0 Å². The zero-order chi connectivity index (χ0) is 15.0. The molecule has 0 aliphatic rings. The van der Waals surface area contributed by atoms with Gasteiger partial charge in [-0.15, -0.1) is 0 Å². The minimum absolute atomic E-state index is 0.0713. The predicted molar refractivity (Wildman–Crippen MR) is 81.0 cm³/mol. The first-order valence-corrected chi connectivity index (χ1v) is 8.22. The van der Waals surface area contributed by atoms with Crippen LogP contribution in [0.15, 0.2) is 32.4 Å². The first-order chi connectivity index (χ1) is 10.1. The van der Waals surface area contributed by atoms with Crippen molar-refractivity contribution in [2.75, 3.05) is 13.7 Å². The van der Waals surface area contributed by atoms with Crippen molar-refractivity contribution in [2.24, 2.45) is 5.73 Å². The van der Waals surface area contributed by atoms with Gasteiger partial charge in [0.15, 0.2) is 0 Å². The summed E-state index contributed by atoms with van der Waals surface area (Å²) in [5.41, 5.74) is 5.78. The Hall–Kier alpha value is -1.88. The number of rotatable bonds is 4. The van der Waals surface area contributed by atoms with Crippen molar-refractivity contribution < 1.29 is 13.9 Å². The second kappa shape index (κ2) is 5.48. The zero-order valence-corrected chi connectivity index (χ0v) is 13.1. The molecule has 0 radical (unpaired) electrons. The van der Waals surface area contributed by atoms with Crippen LogP contribution in [0.2, 0.25) is 0 Å². The second-order valence-corrected chi connectivity index (χ2v) is 6.55. The van der Waals surface area contributed by atoms with Crippen molar-refractivity contribution in [1.82, 2.24) is 0 Å². The van der Waals surface area contributed by atoms with Crippen LogP contribution in [-0.4, -0.2) is 34.1 Å². The first-order valence-electron chi connectivity index (χ1n) is 6.38. The fourth-order valence-corrected chi connectivity index (χ4v) is 4.31. The van der Waals surface area contributed by atoms with E-state index in [2.05, 4.69) is 4.94 Å². The van der Waals surface area contributed by atoms with Crippen molar-refractivity contribution in [2.45, 2.75) is 6.42 Å². The summed E-state index contributed by atoms with van der Waals surface area (Å²) in [5, 5.41) is 1.83. The molecule has 0 unspecified atom stereocenters. The van der Waals surface area contributed by atoms with E-state index in [1.165, 1.54) is 0 Å². The first kappa shape index (κ1) is 14.1. The van der Waals surface area contributed by atoms with Crippen molar-refractivity contribution in [3.05, 3.63) is 44.7 Å². The molecule has 0 atom stereocenters. The molecule has 0 saturated heterocycles. The molecule has 0 spiro atoms. The number of primary amides is 1. The fourth-order valence-electron chi connectivity index (χ4n) is 2.46. The zero-order valence-electron chi connectivity index (χ0n) is 11.3. The van der Waals surface area contributed by atoms with E-state index >= 15 is 0 Å². The number of carbonyl (C=O) groups excluding carboxylic acids is 1. The molecule has 108 valence electrons. The molecule has 2 heterocycles. The third-order valence-electron chi connectivity index (χ3n) is 3.40. The Labute approximate surface area is 126 Å². The number of benzene rings is 1. The molecule has 5 nitrogen and oxygen atoms in total. The van der Waals surface area contributed by atoms with E-state index in [9.17, 15) is 9.59 Å². The molecule has 0 aliphatic heterocycles. The Morgan fingerprint density at radius 1 is 1.38 bits per heavy atom. The number of amides is 1. The van der Waals surface area contributed by atoms with Crippen LogP contribution in [0.4, 0.5) is 0 Å². The van der Waals surface area contributed by atoms with Gasteiger partial charge < -0.3 is 0 Å². The molecule has 3 aromatic rings. The van der Waals surface area contributed by atoms with E-state index < -0.39 is 11.5 Å². The second-order valence-electron chi connectivity index (χ2n) is 4.63. The van der Waals surface area contributed by atoms with Gasteiger partial charge in [-0.25, -0.2) is 0 Å². The number of hydrogen-bond donors (Lipinski definition) is 1. The summed E-state index contributed by atoms with van der Waals surface area (Å²) >= 11 is 0.136. The number of hydrogen-bond acceptors (Lipinski definition) is 4. The Kier molecular flexibility index (Phi) is 3.67. The molecule has 6 heteroatoms. The van der Waals surface area contributed by atoms with Crippen LogP contribution in [-0.2, 0) is 11.2 Å². The van der Waals surface area contributed by atoms with E-state index in [4.69, 9.17) is 14.9 Å². The van der Waals surface area contributed by atoms with Crippen molar-refractivity contribution in [3.63, 3.8) is 0 Å². The molecule has 0 saturated carbocycles. The van der Waals surface area contributed by atoms with Gasteiger partial charge in [-0.05, 0) is 0 Å². The SMILES string of the molecule is COCCc1c(C(N)=O)c(=O)oc2c1ccc1cc[se]c12. The quantitative estimate of drug-likeness (QED) is 0.568. The average Bonchev–Trinajstić information content (AvgIpc) is 2.92. The van der Waals surface area contributed by atoms with Gasteiger partial charge in [-0.2, -0.15) is 0 Å². The molecule has 0 aliphatic carbocycles. The van der Waals surface area contributed by atoms with E-state index in [-0.39, 0.29) is 20.1 Å². The van der Waals surface area contributed by atoms with Crippen LogP contribution >= 0.6 is 0 Å². The minimum atomic E-state index is -0.763. The van der Waals surface area contributed by atoms with E-state index in [0.29, 0.717) is 24.2 Å². The summed E-state index contributed by atoms with van der Waals surface area (Å²) in [5.74, 6) is -0.763. The molecule has 2 N–H and O–H groups in total. The van der Waals surface area contributed by atoms with Crippen LogP contribution in [0, 0.1) is 0 Å². The summed E-state index contributed by atoms with van der Waals surface area (Å²) < 4.78 is 11.5. The third kappa shape index (κ3) is 2.31. The molecule has 21 heavy (non-hydrogen) atoms. The molecular formula is C15H13NO4Se.